The zero-order valence-electron chi connectivity index (χ0n) is 9.88. The first-order valence-corrected chi connectivity index (χ1v) is 6.79. The van der Waals surface area contributed by atoms with Crippen LogP contribution >= 0.6 is 34.2 Å². The van der Waals surface area contributed by atoms with E-state index < -0.39 is 5.97 Å². The number of nitrogens with one attached hydrogen (secondary N) is 1. The van der Waals surface area contributed by atoms with Crippen molar-refractivity contribution in [2.75, 3.05) is 5.32 Å². The number of aromatic carboxylic acids is 1. The molecule has 0 spiro atoms. The smallest absolute Gasteiger partial charge is 0.358 e. The Morgan fingerprint density at radius 3 is 2.80 bits per heavy atom. The van der Waals surface area contributed by atoms with Gasteiger partial charge in [-0.25, -0.2) is 9.48 Å². The molecule has 7 nitrogen and oxygen atoms in total. The molecule has 0 saturated carbocycles. The molecule has 0 saturated heterocycles. The SMILES string of the molecule is O=C(Cn1cc(C(=O)O)nn1)Nc1ccc(Cl)cc1I. The van der Waals surface area contributed by atoms with Crippen molar-refractivity contribution >= 4 is 51.8 Å². The highest BCUT2D eigenvalue weighted by atomic mass is 127. The summed E-state index contributed by atoms with van der Waals surface area (Å²) in [4.78, 5) is 22.5. The van der Waals surface area contributed by atoms with Crippen LogP contribution in [0.1, 0.15) is 10.5 Å². The first kappa shape index (κ1) is 14.7. The van der Waals surface area contributed by atoms with Crippen molar-refractivity contribution in [1.29, 1.82) is 0 Å². The summed E-state index contributed by atoms with van der Waals surface area (Å²) < 4.78 is 1.95. The zero-order chi connectivity index (χ0) is 14.7. The number of carboxylic acid groups (broad SMARTS) is 1. The van der Waals surface area contributed by atoms with Crippen LogP contribution in [0.3, 0.4) is 0 Å². The molecule has 0 bridgehead atoms. The molecule has 0 unspecified atom stereocenters. The van der Waals surface area contributed by atoms with Gasteiger partial charge in [-0.15, -0.1) is 5.10 Å². The van der Waals surface area contributed by atoms with Gasteiger partial charge in [-0.3, -0.25) is 4.79 Å². The van der Waals surface area contributed by atoms with Crippen molar-refractivity contribution in [3.8, 4) is 0 Å². The maximum Gasteiger partial charge on any atom is 0.358 e. The van der Waals surface area contributed by atoms with Gasteiger partial charge in [-0.2, -0.15) is 0 Å². The number of amides is 1. The van der Waals surface area contributed by atoms with E-state index in [0.29, 0.717) is 10.7 Å². The zero-order valence-corrected chi connectivity index (χ0v) is 12.8. The number of hydrogen-bond acceptors (Lipinski definition) is 4. The van der Waals surface area contributed by atoms with Gasteiger partial charge in [0.15, 0.2) is 5.69 Å². The van der Waals surface area contributed by atoms with E-state index in [9.17, 15) is 9.59 Å². The number of rotatable bonds is 4. The van der Waals surface area contributed by atoms with E-state index in [1.165, 1.54) is 6.20 Å². The quantitative estimate of drug-likeness (QED) is 0.756. The summed E-state index contributed by atoms with van der Waals surface area (Å²) in [6.07, 6.45) is 1.19. The highest BCUT2D eigenvalue weighted by Crippen LogP contribution is 2.22. The minimum absolute atomic E-state index is 0.126. The highest BCUT2D eigenvalue weighted by Gasteiger charge is 2.11. The molecule has 0 aliphatic heterocycles. The van der Waals surface area contributed by atoms with Crippen molar-refractivity contribution in [3.63, 3.8) is 0 Å². The van der Waals surface area contributed by atoms with Crippen molar-refractivity contribution in [1.82, 2.24) is 15.0 Å². The second-order valence-electron chi connectivity index (χ2n) is 3.78. The van der Waals surface area contributed by atoms with Crippen LogP contribution in [-0.4, -0.2) is 32.0 Å². The minimum Gasteiger partial charge on any atom is -0.476 e. The third kappa shape index (κ3) is 3.67. The molecule has 1 amide bonds. The Bertz CT molecular complexity index is 673. The van der Waals surface area contributed by atoms with E-state index in [-0.39, 0.29) is 18.1 Å². The molecule has 1 heterocycles. The molecule has 0 atom stereocenters. The largest absolute Gasteiger partial charge is 0.476 e. The Labute approximate surface area is 132 Å². The molecular weight excluding hydrogens is 399 g/mol. The van der Waals surface area contributed by atoms with Crippen LogP contribution in [0.25, 0.3) is 0 Å². The summed E-state index contributed by atoms with van der Waals surface area (Å²) in [7, 11) is 0. The second-order valence-corrected chi connectivity index (χ2v) is 5.38. The van der Waals surface area contributed by atoms with Crippen LogP contribution in [0.15, 0.2) is 24.4 Å². The van der Waals surface area contributed by atoms with E-state index in [4.69, 9.17) is 16.7 Å². The van der Waals surface area contributed by atoms with Gasteiger partial charge in [0.1, 0.15) is 6.54 Å². The van der Waals surface area contributed by atoms with Gasteiger partial charge in [-0.1, -0.05) is 16.8 Å². The molecule has 0 radical (unpaired) electrons. The number of benzene rings is 1. The van der Waals surface area contributed by atoms with Gasteiger partial charge >= 0.3 is 5.97 Å². The van der Waals surface area contributed by atoms with Gasteiger partial charge in [0, 0.05) is 8.59 Å². The van der Waals surface area contributed by atoms with Crippen LogP contribution in [0, 0.1) is 3.57 Å². The number of carbonyl (C=O) groups is 2. The molecule has 20 heavy (non-hydrogen) atoms. The number of halogens is 2. The fourth-order valence-corrected chi connectivity index (χ4v) is 2.41. The number of nitrogens with zero attached hydrogens (tertiary/aromatic N) is 3. The van der Waals surface area contributed by atoms with Crippen molar-refractivity contribution in [2.24, 2.45) is 0 Å². The first-order chi connectivity index (χ1) is 9.45. The van der Waals surface area contributed by atoms with E-state index >= 15 is 0 Å². The minimum atomic E-state index is -1.19. The third-order valence-electron chi connectivity index (χ3n) is 2.27. The topological polar surface area (TPSA) is 97.1 Å². The normalized spacial score (nSPS) is 10.3. The van der Waals surface area contributed by atoms with Gasteiger partial charge in [0.2, 0.25) is 5.91 Å². The Morgan fingerprint density at radius 2 is 2.20 bits per heavy atom. The molecule has 1 aromatic carbocycles. The Morgan fingerprint density at radius 1 is 1.45 bits per heavy atom. The summed E-state index contributed by atoms with van der Waals surface area (Å²) in [6, 6.07) is 5.07. The average molecular weight is 407 g/mol. The maximum atomic E-state index is 11.8. The van der Waals surface area contributed by atoms with Crippen molar-refractivity contribution in [3.05, 3.63) is 38.7 Å². The third-order valence-corrected chi connectivity index (χ3v) is 3.40. The predicted molar refractivity (Wildman–Crippen MR) is 79.8 cm³/mol. The van der Waals surface area contributed by atoms with Gasteiger partial charge in [0.05, 0.1) is 11.9 Å². The summed E-state index contributed by atoms with van der Waals surface area (Å²) in [5.74, 6) is -1.53. The van der Waals surface area contributed by atoms with Crippen molar-refractivity contribution < 1.29 is 14.7 Å². The standard InChI is InChI=1S/C11H8ClIN4O3/c12-6-1-2-8(7(13)3-6)14-10(18)5-17-4-9(11(19)20)15-16-17/h1-4H,5H2,(H,14,18)(H,19,20). The lowest BCUT2D eigenvalue weighted by atomic mass is 10.3. The van der Waals surface area contributed by atoms with Crippen LogP contribution in [0.4, 0.5) is 5.69 Å². The fraction of sp³-hybridized carbons (Fsp3) is 0.0909. The van der Waals surface area contributed by atoms with E-state index in [2.05, 4.69) is 38.2 Å². The highest BCUT2D eigenvalue weighted by molar-refractivity contribution is 14.1. The lowest BCUT2D eigenvalue weighted by Crippen LogP contribution is -2.19. The van der Waals surface area contributed by atoms with Crippen molar-refractivity contribution in [2.45, 2.75) is 6.54 Å². The predicted octanol–water partition coefficient (Wildman–Crippen LogP) is 1.87. The number of carboxylic acids is 1. The van der Waals surface area contributed by atoms with E-state index in [1.807, 2.05) is 0 Å². The summed E-state index contributed by atoms with van der Waals surface area (Å²) >= 11 is 7.87. The molecule has 0 aliphatic rings. The van der Waals surface area contributed by atoms with Gasteiger partial charge < -0.3 is 10.4 Å². The molecule has 1 aromatic heterocycles. The molecule has 104 valence electrons. The monoisotopic (exact) mass is 406 g/mol. The van der Waals surface area contributed by atoms with Gasteiger partial charge in [-0.05, 0) is 40.8 Å². The van der Waals surface area contributed by atoms with Crippen LogP contribution in [0.5, 0.6) is 0 Å². The lowest BCUT2D eigenvalue weighted by molar-refractivity contribution is -0.116. The first-order valence-electron chi connectivity index (χ1n) is 5.34. The number of anilines is 1. The lowest BCUT2D eigenvalue weighted by Gasteiger charge is -2.07. The van der Waals surface area contributed by atoms with Gasteiger partial charge in [0.25, 0.3) is 0 Å². The molecular formula is C11H8ClIN4O3. The molecule has 2 N–H and O–H groups in total. The second kappa shape index (κ2) is 6.18. The Balaban J connectivity index is 2.03. The molecule has 0 aliphatic carbocycles. The average Bonchev–Trinajstić information content (AvgIpc) is 2.81. The summed E-state index contributed by atoms with van der Waals surface area (Å²) in [6.45, 7) is -0.126. The fourth-order valence-electron chi connectivity index (χ4n) is 1.40. The molecule has 9 heteroatoms. The maximum absolute atomic E-state index is 11.8. The Kier molecular flexibility index (Phi) is 4.55. The Hall–Kier alpha value is -1.68. The number of aromatic nitrogens is 3. The van der Waals surface area contributed by atoms with E-state index in [1.54, 1.807) is 18.2 Å². The number of carbonyl (C=O) groups excluding carboxylic acids is 1. The number of hydrogen-bond donors (Lipinski definition) is 2. The van der Waals surface area contributed by atoms with Crippen LogP contribution in [0.2, 0.25) is 5.02 Å². The van der Waals surface area contributed by atoms with Crippen LogP contribution in [-0.2, 0) is 11.3 Å². The molecule has 2 aromatic rings. The summed E-state index contributed by atoms with van der Waals surface area (Å²) in [5.41, 5.74) is 0.414. The molecule has 0 fully saturated rings. The van der Waals surface area contributed by atoms with E-state index in [0.717, 1.165) is 8.25 Å². The molecule has 2 rings (SSSR count). The summed E-state index contributed by atoms with van der Waals surface area (Å²) in [5, 5.41) is 18.9. The van der Waals surface area contributed by atoms with Crippen LogP contribution < -0.4 is 5.32 Å².